The van der Waals surface area contributed by atoms with Crippen LogP contribution in [0.3, 0.4) is 0 Å². The Morgan fingerprint density at radius 2 is 0.924 bits per heavy atom. The molecule has 3 fully saturated rings. The van der Waals surface area contributed by atoms with E-state index >= 15 is 19.2 Å². The van der Waals surface area contributed by atoms with E-state index in [1.807, 2.05) is 97.1 Å². The molecular formula is C109H120N12O24. The number of carbonyl (C=O) groups excluding carboxylic acids is 10. The number of aliphatic imine (C=N–C) groups is 2. The number of alkyl carbamates (subject to hydrolysis) is 1. The van der Waals surface area contributed by atoms with Crippen LogP contribution in [0.25, 0.3) is 0 Å². The maximum absolute atomic E-state index is 17.0. The van der Waals surface area contributed by atoms with Crippen molar-refractivity contribution >= 4 is 71.8 Å². The number of amides is 9. The number of nitrogens with zero attached hydrogens (tertiary/aromatic N) is 4. The molecule has 0 bridgehead atoms. The molecule has 10 aromatic rings. The minimum atomic E-state index is -2.54. The van der Waals surface area contributed by atoms with E-state index in [4.69, 9.17) is 52.1 Å². The molecule has 0 spiro atoms. The standard InChI is InChI=1S/C109H120N12O24/c1-6-56-137-102(130)85(69-135-61-73-34-16-7-17-35-73)113-99(128)91(93(124)86-58-110-103(118-106(132)141-66-78-44-26-12-27-45-78)121(86)101-94(125)96(140-65-77-42-24-11-25-43-77)95(139-64-76-40-22-10-23-41-76)87(144-101)70-136-62-74-36-18-8-19-37-74)117-100(129)90(92(123)84-60-120(108(134)143-68-80-48-30-14-31-49-80)104(114-84)119-107(133)142-67-79-46-28-13-29-47-79)116-97(126)83(57-72-52-54-82(55-53-72)138-63-75-38-20-9-21-39-75)112-98(127)89(71(2)81-50-32-15-33-51-81)115-88(122)59-111-105(131)145-109(3,4)5/h6-55,71,83-87,89-96,101,123-125H,1,56-70H2,2-5H3,(H,111,131)(H,112,127)(H,113,128)(H,115,122)(H,116,126)(H,117,129)(H,110,118,132)(H,114,119,133)/t71-,83+,84+,85+,86+,87-,89+,90+,91+,92?,93?,94+,95-,96-,101+/m1/s1. The average Bonchev–Trinajstić information content (AvgIpc) is 1.64. The number of aliphatic hydroxyl groups excluding tert-OH is 3. The highest BCUT2D eigenvalue weighted by molar-refractivity contribution is 6.02. The van der Waals surface area contributed by atoms with Crippen molar-refractivity contribution in [2.75, 3.05) is 39.5 Å². The Bertz CT molecular complexity index is 5920. The lowest BCUT2D eigenvalue weighted by atomic mass is 9.92. The highest BCUT2D eigenvalue weighted by Gasteiger charge is 2.56. The van der Waals surface area contributed by atoms with Crippen molar-refractivity contribution in [2.45, 2.75) is 184 Å². The zero-order valence-electron chi connectivity index (χ0n) is 80.5. The first-order valence-corrected chi connectivity index (χ1v) is 47.4. The fourth-order valence-electron chi connectivity index (χ4n) is 16.1. The lowest BCUT2D eigenvalue weighted by molar-refractivity contribution is -0.285. The Morgan fingerprint density at radius 3 is 1.44 bits per heavy atom. The molecule has 0 aliphatic carbocycles. The summed E-state index contributed by atoms with van der Waals surface area (Å²) in [5.41, 5.74) is 5.03. The van der Waals surface area contributed by atoms with Gasteiger partial charge < -0.3 is 115 Å². The van der Waals surface area contributed by atoms with E-state index in [0.29, 0.717) is 50.3 Å². The van der Waals surface area contributed by atoms with Gasteiger partial charge in [-0.1, -0.05) is 305 Å². The van der Waals surface area contributed by atoms with Gasteiger partial charge in [-0.2, -0.15) is 0 Å². The highest BCUT2D eigenvalue weighted by atomic mass is 16.6. The monoisotopic (exact) mass is 1980 g/mol. The molecule has 3 aliphatic rings. The highest BCUT2D eigenvalue weighted by Crippen LogP contribution is 2.35. The van der Waals surface area contributed by atoms with Gasteiger partial charge in [-0.3, -0.25) is 24.0 Å². The molecule has 3 aliphatic heterocycles. The van der Waals surface area contributed by atoms with E-state index in [1.54, 1.807) is 228 Å². The van der Waals surface area contributed by atoms with Crippen LogP contribution in [0.5, 0.6) is 5.75 Å². The summed E-state index contributed by atoms with van der Waals surface area (Å²) in [6.45, 7) is 5.53. The first-order valence-electron chi connectivity index (χ1n) is 47.4. The summed E-state index contributed by atoms with van der Waals surface area (Å²) in [6.07, 6.45) is -16.6. The Hall–Kier alpha value is -15.5. The molecule has 15 atom stereocenters. The van der Waals surface area contributed by atoms with Gasteiger partial charge in [-0.15, -0.1) is 9.98 Å². The van der Waals surface area contributed by atoms with Gasteiger partial charge in [0.05, 0.1) is 58.3 Å². The Balaban J connectivity index is 0.943. The lowest BCUT2D eigenvalue weighted by Crippen LogP contribution is -2.69. The van der Waals surface area contributed by atoms with Crippen LogP contribution in [0, 0.1) is 0 Å². The van der Waals surface area contributed by atoms with Crippen LogP contribution < -0.4 is 47.3 Å². The first kappa shape index (κ1) is 107. The molecule has 2 unspecified atom stereocenters. The molecule has 145 heavy (non-hydrogen) atoms. The zero-order chi connectivity index (χ0) is 102. The molecule has 36 nitrogen and oxygen atoms in total. The molecule has 11 N–H and O–H groups in total. The maximum Gasteiger partial charge on any atom is 0.437 e. The second-order valence-electron chi connectivity index (χ2n) is 35.5. The van der Waals surface area contributed by atoms with E-state index in [1.165, 1.54) is 6.08 Å². The first-order chi connectivity index (χ1) is 70.3. The van der Waals surface area contributed by atoms with E-state index in [0.717, 1.165) is 20.9 Å². The van der Waals surface area contributed by atoms with Crippen LogP contribution in [-0.2, 0) is 135 Å². The van der Waals surface area contributed by atoms with Gasteiger partial charge >= 0.3 is 30.3 Å². The van der Waals surface area contributed by atoms with Crippen LogP contribution in [-0.4, -0.2) is 227 Å². The van der Waals surface area contributed by atoms with Gasteiger partial charge in [0.25, 0.3) is 0 Å². The van der Waals surface area contributed by atoms with Gasteiger partial charge in [0, 0.05) is 18.9 Å². The molecule has 10 aromatic carbocycles. The second-order valence-corrected chi connectivity index (χ2v) is 35.5. The van der Waals surface area contributed by atoms with Gasteiger partial charge in [-0.25, -0.2) is 28.9 Å². The number of guanidine groups is 2. The van der Waals surface area contributed by atoms with Crippen molar-refractivity contribution in [3.05, 3.63) is 366 Å². The van der Waals surface area contributed by atoms with E-state index in [-0.39, 0.29) is 59.5 Å². The zero-order valence-corrected chi connectivity index (χ0v) is 80.5. The number of nitrogens with one attached hydrogen (secondary N) is 8. The average molecular weight is 1980 g/mol. The summed E-state index contributed by atoms with van der Waals surface area (Å²) >= 11 is 0. The third-order valence-electron chi connectivity index (χ3n) is 23.6. The molecule has 9 amide bonds. The van der Waals surface area contributed by atoms with E-state index < -0.39 is 208 Å². The number of ether oxygens (including phenoxy) is 11. The summed E-state index contributed by atoms with van der Waals surface area (Å²) < 4.78 is 67.8. The Morgan fingerprint density at radius 1 is 0.483 bits per heavy atom. The number of rotatable bonds is 46. The fraction of sp³-hybridized carbons (Fsp3) is 0.321. The van der Waals surface area contributed by atoms with Crippen LogP contribution in [0.15, 0.2) is 320 Å². The van der Waals surface area contributed by atoms with Crippen LogP contribution in [0.4, 0.5) is 19.2 Å². The summed E-state index contributed by atoms with van der Waals surface area (Å²) in [5.74, 6) is -8.96. The number of hydrogen-bond donors (Lipinski definition) is 11. The van der Waals surface area contributed by atoms with Crippen molar-refractivity contribution in [1.82, 2.24) is 52.3 Å². The van der Waals surface area contributed by atoms with Crippen LogP contribution >= 0.6 is 0 Å². The van der Waals surface area contributed by atoms with Crippen molar-refractivity contribution in [3.63, 3.8) is 0 Å². The minimum absolute atomic E-state index is 0.0173. The Kier molecular flexibility index (Phi) is 39.8. The Labute approximate surface area is 839 Å². The van der Waals surface area contributed by atoms with Gasteiger partial charge in [0.15, 0.2) is 12.3 Å². The molecule has 760 valence electrons. The summed E-state index contributed by atoms with van der Waals surface area (Å²) in [7, 11) is 0. The maximum atomic E-state index is 17.0. The SMILES string of the molecule is C=CCOC(=O)[C@H](COCc1ccccc1)NC(=O)[C@@H](NC(=O)[C@@H](NC(=O)[C@H](Cc1ccc(OCc2ccccc2)cc1)NC(=O)[C@@H](NC(=O)CNC(=O)OC(C)(C)C)[C@H](C)c1ccccc1)C(O)[C@@H]1CN(C(=O)OCc2ccccc2)/C(=N\C(=O)OCc2ccccc2)N1)C(O)[C@@H]1CN/C(=N\C(=O)OCc2ccccc2)N1[C@H]1O[C@H](COCc2ccccc2)[C@@H](OCc2ccccc2)[C@H](OCc2ccccc2)[C@@H]1O. The van der Waals surface area contributed by atoms with Crippen LogP contribution in [0.1, 0.15) is 89.2 Å². The van der Waals surface area contributed by atoms with E-state index in [2.05, 4.69) is 59.1 Å². The molecule has 0 saturated carbocycles. The lowest BCUT2D eigenvalue weighted by Gasteiger charge is -2.49. The summed E-state index contributed by atoms with van der Waals surface area (Å²) in [6, 6.07) is 71.8. The molecule has 36 heteroatoms. The summed E-state index contributed by atoms with van der Waals surface area (Å²) in [5, 5.41) is 63.1. The summed E-state index contributed by atoms with van der Waals surface area (Å²) in [4.78, 5) is 162. The fourth-order valence-corrected chi connectivity index (χ4v) is 16.1. The number of aliphatic hydroxyl groups is 3. The van der Waals surface area contributed by atoms with Gasteiger partial charge in [-0.05, 0) is 88.5 Å². The molecule has 13 rings (SSSR count). The predicted molar refractivity (Wildman–Crippen MR) is 532 cm³/mol. The normalized spacial score (nSPS) is 18.7. The smallest absolute Gasteiger partial charge is 0.437 e. The van der Waals surface area contributed by atoms with Crippen molar-refractivity contribution in [3.8, 4) is 5.75 Å². The minimum Gasteiger partial charge on any atom is -0.489 e. The number of benzene rings is 10. The quantitative estimate of drug-likeness (QED) is 0.00959. The number of esters is 1. The van der Waals surface area contributed by atoms with Gasteiger partial charge in [0.2, 0.25) is 41.5 Å². The second kappa shape index (κ2) is 54.1. The van der Waals surface area contributed by atoms with Gasteiger partial charge in [0.1, 0.15) is 112 Å². The molecule has 0 radical (unpaired) electrons. The van der Waals surface area contributed by atoms with Crippen molar-refractivity contribution < 1.29 is 115 Å². The third-order valence-corrected chi connectivity index (χ3v) is 23.6. The van der Waals surface area contributed by atoms with Crippen molar-refractivity contribution in [1.29, 1.82) is 0 Å². The largest absolute Gasteiger partial charge is 0.489 e. The van der Waals surface area contributed by atoms with E-state index in [9.17, 15) is 44.1 Å². The molecule has 3 heterocycles. The molecular weight excluding hydrogens is 1860 g/mol. The predicted octanol–water partition coefficient (Wildman–Crippen LogP) is 9.97. The number of hydrogen-bond acceptors (Lipinski definition) is 24. The molecule has 0 aromatic heterocycles. The third kappa shape index (κ3) is 32.5. The topological polar surface area (TPSA) is 460 Å². The van der Waals surface area contributed by atoms with Crippen LogP contribution in [0.2, 0.25) is 0 Å². The number of carbonyl (C=O) groups is 10. The van der Waals surface area contributed by atoms with Crippen molar-refractivity contribution in [2.24, 2.45) is 9.98 Å². The molecule has 3 saturated heterocycles.